The summed E-state index contributed by atoms with van der Waals surface area (Å²) in [5.74, 6) is 0. The number of benzene rings is 1. The maximum absolute atomic E-state index is 11.0. The predicted octanol–water partition coefficient (Wildman–Crippen LogP) is 3.65. The van der Waals surface area contributed by atoms with Crippen molar-refractivity contribution in [2.45, 2.75) is 33.6 Å². The van der Waals surface area contributed by atoms with Crippen molar-refractivity contribution in [3.63, 3.8) is 0 Å². The van der Waals surface area contributed by atoms with E-state index in [1.807, 2.05) is 13.0 Å². The van der Waals surface area contributed by atoms with Crippen molar-refractivity contribution < 1.29 is 4.92 Å². The average Bonchev–Trinajstić information content (AvgIpc) is 2.38. The maximum Gasteiger partial charge on any atom is 0.273 e. The molecule has 19 heavy (non-hydrogen) atoms. The number of non-ortho nitro benzene ring substituents is 1. The van der Waals surface area contributed by atoms with Crippen molar-refractivity contribution in [3.05, 3.63) is 28.3 Å². The number of hydrogen-bond acceptors (Lipinski definition) is 4. The monoisotopic (exact) mass is 265 g/mol. The van der Waals surface area contributed by atoms with Crippen LogP contribution in [0.4, 0.5) is 17.1 Å². The Balaban J connectivity index is 3.11. The Morgan fingerprint density at radius 2 is 1.79 bits per heavy atom. The Bertz CT molecular complexity index is 415. The molecule has 0 saturated heterocycles. The first-order chi connectivity index (χ1) is 9.12. The summed E-state index contributed by atoms with van der Waals surface area (Å²) in [6.45, 7) is 8.80. The molecule has 0 aliphatic carbocycles. The quantitative estimate of drug-likeness (QED) is 0.575. The van der Waals surface area contributed by atoms with E-state index in [0.717, 1.165) is 43.9 Å². The number of hydrogen-bond donors (Lipinski definition) is 1. The summed E-state index contributed by atoms with van der Waals surface area (Å²) < 4.78 is 0. The second kappa shape index (κ2) is 7.61. The van der Waals surface area contributed by atoms with E-state index in [1.165, 1.54) is 0 Å². The van der Waals surface area contributed by atoms with Crippen molar-refractivity contribution in [2.75, 3.05) is 29.9 Å². The summed E-state index contributed by atoms with van der Waals surface area (Å²) in [5.41, 5.74) is 1.88. The molecule has 0 spiro atoms. The summed E-state index contributed by atoms with van der Waals surface area (Å²) in [4.78, 5) is 12.9. The zero-order valence-corrected chi connectivity index (χ0v) is 12.0. The Labute approximate surface area is 114 Å². The first-order valence-corrected chi connectivity index (χ1v) is 6.90. The van der Waals surface area contributed by atoms with E-state index in [9.17, 15) is 10.1 Å². The van der Waals surface area contributed by atoms with Crippen LogP contribution in [-0.4, -0.2) is 24.6 Å². The molecule has 1 aromatic rings. The van der Waals surface area contributed by atoms with Gasteiger partial charge in [0.1, 0.15) is 0 Å². The molecule has 5 heteroatoms. The molecule has 0 fully saturated rings. The maximum atomic E-state index is 11.0. The second-order valence-electron chi connectivity index (χ2n) is 4.51. The first kappa shape index (κ1) is 15.3. The molecule has 1 aromatic carbocycles. The van der Waals surface area contributed by atoms with Crippen LogP contribution in [0, 0.1) is 10.1 Å². The van der Waals surface area contributed by atoms with Gasteiger partial charge in [0.15, 0.2) is 0 Å². The number of anilines is 2. The molecular formula is C14H23N3O2. The highest BCUT2D eigenvalue weighted by Gasteiger charge is 2.13. The normalized spacial score (nSPS) is 10.3. The molecule has 0 unspecified atom stereocenters. The number of rotatable bonds is 8. The highest BCUT2D eigenvalue weighted by molar-refractivity contribution is 5.64. The van der Waals surface area contributed by atoms with Crippen LogP contribution in [-0.2, 0) is 0 Å². The molecule has 0 saturated carbocycles. The molecule has 0 amide bonds. The van der Waals surface area contributed by atoms with Gasteiger partial charge in [-0.1, -0.05) is 13.8 Å². The minimum absolute atomic E-state index is 0.144. The Kier molecular flexibility index (Phi) is 6.12. The lowest BCUT2D eigenvalue weighted by Crippen LogP contribution is -2.25. The van der Waals surface area contributed by atoms with Gasteiger partial charge in [-0.2, -0.15) is 0 Å². The van der Waals surface area contributed by atoms with Gasteiger partial charge in [0.05, 0.1) is 4.92 Å². The van der Waals surface area contributed by atoms with E-state index < -0.39 is 0 Å². The zero-order chi connectivity index (χ0) is 14.3. The van der Waals surface area contributed by atoms with Crippen molar-refractivity contribution in [3.8, 4) is 0 Å². The summed E-state index contributed by atoms with van der Waals surface area (Å²) >= 11 is 0. The molecule has 0 heterocycles. The lowest BCUT2D eigenvalue weighted by molar-refractivity contribution is -0.384. The van der Waals surface area contributed by atoms with Gasteiger partial charge in [0.25, 0.3) is 5.69 Å². The smallest absolute Gasteiger partial charge is 0.273 e. The number of nitro groups is 1. The fraction of sp³-hybridized carbons (Fsp3) is 0.571. The standard InChI is InChI=1S/C14H23N3O2/c1-4-7-16(8-5-2)13-9-12(15-6-3)10-14(11-13)17(18)19/h9-11,15H,4-8H2,1-3H3. The Morgan fingerprint density at radius 3 is 2.26 bits per heavy atom. The van der Waals surface area contributed by atoms with Crippen molar-refractivity contribution in [1.29, 1.82) is 0 Å². The molecule has 106 valence electrons. The summed E-state index contributed by atoms with van der Waals surface area (Å²) in [6.07, 6.45) is 2.05. The van der Waals surface area contributed by atoms with E-state index >= 15 is 0 Å². The number of nitrogens with zero attached hydrogens (tertiary/aromatic N) is 2. The lowest BCUT2D eigenvalue weighted by Gasteiger charge is -2.24. The third-order valence-corrected chi connectivity index (χ3v) is 2.85. The highest BCUT2D eigenvalue weighted by atomic mass is 16.6. The lowest BCUT2D eigenvalue weighted by atomic mass is 10.2. The van der Waals surface area contributed by atoms with Crippen LogP contribution in [0.1, 0.15) is 33.6 Å². The third-order valence-electron chi connectivity index (χ3n) is 2.85. The minimum atomic E-state index is -0.333. The zero-order valence-electron chi connectivity index (χ0n) is 12.0. The molecule has 0 atom stereocenters. The predicted molar refractivity (Wildman–Crippen MR) is 80.1 cm³/mol. The van der Waals surface area contributed by atoms with Gasteiger partial charge >= 0.3 is 0 Å². The van der Waals surface area contributed by atoms with E-state index in [1.54, 1.807) is 12.1 Å². The second-order valence-corrected chi connectivity index (χ2v) is 4.51. The van der Waals surface area contributed by atoms with E-state index in [0.29, 0.717) is 0 Å². The summed E-state index contributed by atoms with van der Waals surface area (Å²) in [7, 11) is 0. The van der Waals surface area contributed by atoms with Crippen LogP contribution < -0.4 is 10.2 Å². The Morgan fingerprint density at radius 1 is 1.16 bits per heavy atom. The molecule has 0 radical (unpaired) electrons. The third kappa shape index (κ3) is 4.43. The van der Waals surface area contributed by atoms with E-state index in [-0.39, 0.29) is 10.6 Å². The average molecular weight is 265 g/mol. The largest absolute Gasteiger partial charge is 0.385 e. The van der Waals surface area contributed by atoms with Crippen LogP contribution >= 0.6 is 0 Å². The van der Waals surface area contributed by atoms with E-state index in [2.05, 4.69) is 24.1 Å². The van der Waals surface area contributed by atoms with Gasteiger partial charge < -0.3 is 10.2 Å². The van der Waals surface area contributed by atoms with Crippen molar-refractivity contribution >= 4 is 17.1 Å². The topological polar surface area (TPSA) is 58.4 Å². The first-order valence-electron chi connectivity index (χ1n) is 6.90. The molecule has 1 N–H and O–H groups in total. The Hall–Kier alpha value is -1.78. The number of nitro benzene ring substituents is 1. The van der Waals surface area contributed by atoms with Crippen LogP contribution in [0.3, 0.4) is 0 Å². The van der Waals surface area contributed by atoms with Crippen molar-refractivity contribution in [1.82, 2.24) is 0 Å². The SMILES string of the molecule is CCCN(CCC)c1cc(NCC)cc([N+](=O)[O-])c1. The molecule has 0 aliphatic rings. The fourth-order valence-corrected chi connectivity index (χ4v) is 2.10. The van der Waals surface area contributed by atoms with Crippen LogP contribution in [0.15, 0.2) is 18.2 Å². The van der Waals surface area contributed by atoms with Crippen LogP contribution in [0.5, 0.6) is 0 Å². The molecule has 5 nitrogen and oxygen atoms in total. The van der Waals surface area contributed by atoms with Gasteiger partial charge in [-0.3, -0.25) is 10.1 Å². The molecule has 0 bridgehead atoms. The van der Waals surface area contributed by atoms with Crippen LogP contribution in [0.2, 0.25) is 0 Å². The molecular weight excluding hydrogens is 242 g/mol. The van der Waals surface area contributed by atoms with Gasteiger partial charge in [0.2, 0.25) is 0 Å². The fourth-order valence-electron chi connectivity index (χ4n) is 2.10. The molecule has 0 aliphatic heterocycles. The molecule has 1 rings (SSSR count). The van der Waals surface area contributed by atoms with E-state index in [4.69, 9.17) is 0 Å². The van der Waals surface area contributed by atoms with Crippen LogP contribution in [0.25, 0.3) is 0 Å². The van der Waals surface area contributed by atoms with Gasteiger partial charge in [0, 0.05) is 43.1 Å². The molecule has 0 aromatic heterocycles. The number of nitrogens with one attached hydrogen (secondary N) is 1. The van der Waals surface area contributed by atoms with Crippen molar-refractivity contribution in [2.24, 2.45) is 0 Å². The highest BCUT2D eigenvalue weighted by Crippen LogP contribution is 2.27. The summed E-state index contributed by atoms with van der Waals surface area (Å²) in [5, 5.41) is 14.2. The minimum Gasteiger partial charge on any atom is -0.385 e. The summed E-state index contributed by atoms with van der Waals surface area (Å²) in [6, 6.07) is 5.23. The van der Waals surface area contributed by atoms with Gasteiger partial charge in [-0.25, -0.2) is 0 Å². The van der Waals surface area contributed by atoms with Gasteiger partial charge in [-0.05, 0) is 25.8 Å². The van der Waals surface area contributed by atoms with Gasteiger partial charge in [-0.15, -0.1) is 0 Å².